The number of hydrogen-bond donors (Lipinski definition) is 1. The molecule has 0 aliphatic heterocycles. The van der Waals surface area contributed by atoms with Gasteiger partial charge < -0.3 is 9.47 Å². The summed E-state index contributed by atoms with van der Waals surface area (Å²) in [6, 6.07) is 3.98. The van der Waals surface area contributed by atoms with Crippen LogP contribution in [0, 0.1) is 5.82 Å². The predicted molar refractivity (Wildman–Crippen MR) is 60.4 cm³/mol. The molecule has 0 N–H and O–H groups in total. The van der Waals surface area contributed by atoms with E-state index in [1.807, 2.05) is 0 Å². The van der Waals surface area contributed by atoms with Gasteiger partial charge in [-0.1, -0.05) is 0 Å². The summed E-state index contributed by atoms with van der Waals surface area (Å²) in [6.07, 6.45) is -0.416. The van der Waals surface area contributed by atoms with Gasteiger partial charge in [0.15, 0.2) is 0 Å². The predicted octanol–water partition coefficient (Wildman–Crippen LogP) is 2.31. The summed E-state index contributed by atoms with van der Waals surface area (Å²) in [4.78, 5) is 12.1. The van der Waals surface area contributed by atoms with E-state index in [0.29, 0.717) is 4.90 Å². The van der Waals surface area contributed by atoms with Gasteiger partial charge in [0.1, 0.15) is 11.9 Å². The van der Waals surface area contributed by atoms with Crippen LogP contribution in [0.1, 0.15) is 17.3 Å². The Bertz CT molecular complexity index is 381. The summed E-state index contributed by atoms with van der Waals surface area (Å²) >= 11 is 4.03. The number of esters is 1. The number of thiol groups is 1. The third kappa shape index (κ3) is 3.50. The molecule has 0 aliphatic rings. The molecule has 1 unspecified atom stereocenters. The molecule has 1 aromatic carbocycles. The number of halogens is 1. The van der Waals surface area contributed by atoms with Gasteiger partial charge in [0, 0.05) is 12.0 Å². The van der Waals surface area contributed by atoms with Gasteiger partial charge in [-0.25, -0.2) is 9.18 Å². The van der Waals surface area contributed by atoms with Crippen molar-refractivity contribution in [3.05, 3.63) is 29.6 Å². The number of ether oxygens (including phenoxy) is 2. The molecule has 0 aliphatic carbocycles. The second-order valence-electron chi connectivity index (χ2n) is 3.34. The van der Waals surface area contributed by atoms with Crippen LogP contribution in [-0.4, -0.2) is 25.8 Å². The number of rotatable bonds is 4. The summed E-state index contributed by atoms with van der Waals surface area (Å²) in [5.74, 6) is -1.33. The van der Waals surface area contributed by atoms with E-state index in [1.54, 1.807) is 6.92 Å². The number of carbonyl (C=O) groups excluding carboxylic acids is 1. The molecule has 5 heteroatoms. The number of methoxy groups -OCH3 is 1. The van der Waals surface area contributed by atoms with Gasteiger partial charge in [-0.15, -0.1) is 12.6 Å². The van der Waals surface area contributed by atoms with Crippen LogP contribution in [0.2, 0.25) is 0 Å². The van der Waals surface area contributed by atoms with Crippen LogP contribution in [0.3, 0.4) is 0 Å². The van der Waals surface area contributed by atoms with Crippen LogP contribution in [0.15, 0.2) is 23.1 Å². The van der Waals surface area contributed by atoms with E-state index < -0.39 is 17.9 Å². The zero-order valence-corrected chi connectivity index (χ0v) is 9.96. The lowest BCUT2D eigenvalue weighted by Crippen LogP contribution is -2.20. The molecule has 0 bridgehead atoms. The smallest absolute Gasteiger partial charge is 0.341 e. The molecule has 1 atom stereocenters. The van der Waals surface area contributed by atoms with Gasteiger partial charge in [-0.3, -0.25) is 0 Å². The van der Waals surface area contributed by atoms with Crippen LogP contribution in [0.5, 0.6) is 0 Å². The molecule has 0 aromatic heterocycles. The molecule has 1 rings (SSSR count). The highest BCUT2D eigenvalue weighted by Gasteiger charge is 2.16. The van der Waals surface area contributed by atoms with Gasteiger partial charge in [-0.05, 0) is 25.1 Å². The minimum absolute atomic E-state index is 0.115. The van der Waals surface area contributed by atoms with E-state index in [4.69, 9.17) is 9.47 Å². The minimum Gasteiger partial charge on any atom is -0.457 e. The van der Waals surface area contributed by atoms with E-state index in [-0.39, 0.29) is 12.2 Å². The van der Waals surface area contributed by atoms with Gasteiger partial charge in [0.2, 0.25) is 0 Å². The first kappa shape index (κ1) is 13.0. The lowest BCUT2D eigenvalue weighted by atomic mass is 10.2. The Hall–Kier alpha value is -1.07. The number of carbonyl (C=O) groups is 1. The number of hydrogen-bond acceptors (Lipinski definition) is 4. The van der Waals surface area contributed by atoms with Crippen LogP contribution in [0.4, 0.5) is 4.39 Å². The fourth-order valence-corrected chi connectivity index (χ4v) is 1.39. The summed E-state index contributed by atoms with van der Waals surface area (Å²) in [7, 11) is 1.50. The molecule has 0 saturated carbocycles. The highest BCUT2D eigenvalue weighted by atomic mass is 32.1. The monoisotopic (exact) mass is 244 g/mol. The van der Waals surface area contributed by atoms with Crippen molar-refractivity contribution in [2.24, 2.45) is 0 Å². The van der Waals surface area contributed by atoms with Gasteiger partial charge in [0.25, 0.3) is 0 Å². The highest BCUT2D eigenvalue weighted by molar-refractivity contribution is 7.80. The maximum absolute atomic E-state index is 13.3. The molecule has 3 nitrogen and oxygen atoms in total. The van der Waals surface area contributed by atoms with Crippen molar-refractivity contribution in [1.29, 1.82) is 0 Å². The Kier molecular flexibility index (Phi) is 4.76. The second-order valence-corrected chi connectivity index (χ2v) is 3.85. The normalized spacial score (nSPS) is 12.2. The van der Waals surface area contributed by atoms with Crippen LogP contribution < -0.4 is 0 Å². The molecule has 1 aromatic rings. The van der Waals surface area contributed by atoms with E-state index in [0.717, 1.165) is 0 Å². The third-order valence-corrected chi connectivity index (χ3v) is 2.16. The number of benzene rings is 1. The topological polar surface area (TPSA) is 35.5 Å². The lowest BCUT2D eigenvalue weighted by Gasteiger charge is -2.12. The first-order valence-corrected chi connectivity index (χ1v) is 5.17. The highest BCUT2D eigenvalue weighted by Crippen LogP contribution is 2.15. The van der Waals surface area contributed by atoms with Crippen LogP contribution in [0.25, 0.3) is 0 Å². The molecule has 0 fully saturated rings. The Morgan fingerprint density at radius 2 is 2.25 bits per heavy atom. The van der Waals surface area contributed by atoms with Crippen molar-refractivity contribution >= 4 is 18.6 Å². The molecule has 0 amide bonds. The lowest BCUT2D eigenvalue weighted by molar-refractivity contribution is 0.0115. The van der Waals surface area contributed by atoms with Crippen molar-refractivity contribution in [2.75, 3.05) is 13.7 Å². The minimum atomic E-state index is -0.710. The maximum atomic E-state index is 13.3. The Labute approximate surface area is 99.0 Å². The quantitative estimate of drug-likeness (QED) is 0.652. The molecule has 88 valence electrons. The molecular weight excluding hydrogens is 231 g/mol. The molecule has 0 heterocycles. The fourth-order valence-electron chi connectivity index (χ4n) is 1.18. The first-order valence-electron chi connectivity index (χ1n) is 4.73. The van der Waals surface area contributed by atoms with Gasteiger partial charge in [-0.2, -0.15) is 0 Å². The Morgan fingerprint density at radius 1 is 1.56 bits per heavy atom. The first-order chi connectivity index (χ1) is 7.54. The Morgan fingerprint density at radius 3 is 2.88 bits per heavy atom. The van der Waals surface area contributed by atoms with E-state index >= 15 is 0 Å². The second kappa shape index (κ2) is 5.86. The van der Waals surface area contributed by atoms with Crippen molar-refractivity contribution in [2.45, 2.75) is 17.9 Å². The van der Waals surface area contributed by atoms with Gasteiger partial charge in [0.05, 0.1) is 12.2 Å². The van der Waals surface area contributed by atoms with Gasteiger partial charge >= 0.3 is 5.97 Å². The zero-order chi connectivity index (χ0) is 12.1. The van der Waals surface area contributed by atoms with Crippen LogP contribution in [-0.2, 0) is 9.47 Å². The fraction of sp³-hybridized carbons (Fsp3) is 0.364. The molecule has 0 saturated heterocycles. The summed E-state index contributed by atoms with van der Waals surface area (Å²) < 4.78 is 23.1. The molecule has 0 spiro atoms. The van der Waals surface area contributed by atoms with E-state index in [9.17, 15) is 9.18 Å². The molecule has 0 radical (unpaired) electrons. The SMILES string of the molecule is COCC(C)OC(=O)c1cc(S)ccc1F. The van der Waals surface area contributed by atoms with E-state index in [2.05, 4.69) is 12.6 Å². The summed E-state index contributed by atoms with van der Waals surface area (Å²) in [6.45, 7) is 1.94. The summed E-state index contributed by atoms with van der Waals surface area (Å²) in [5.41, 5.74) is -0.115. The summed E-state index contributed by atoms with van der Waals surface area (Å²) in [5, 5.41) is 0. The standard InChI is InChI=1S/C11H13FO3S/c1-7(6-14-2)15-11(13)9-5-8(16)3-4-10(9)12/h3-5,7,16H,6H2,1-2H3. The van der Waals surface area contributed by atoms with Crippen molar-refractivity contribution in [3.8, 4) is 0 Å². The molecular formula is C11H13FO3S. The average molecular weight is 244 g/mol. The largest absolute Gasteiger partial charge is 0.457 e. The van der Waals surface area contributed by atoms with Crippen LogP contribution >= 0.6 is 12.6 Å². The molecule has 16 heavy (non-hydrogen) atoms. The Balaban J connectivity index is 2.76. The van der Waals surface area contributed by atoms with Crippen molar-refractivity contribution in [1.82, 2.24) is 0 Å². The zero-order valence-electron chi connectivity index (χ0n) is 9.07. The van der Waals surface area contributed by atoms with Crippen molar-refractivity contribution in [3.63, 3.8) is 0 Å². The third-order valence-electron chi connectivity index (χ3n) is 1.88. The maximum Gasteiger partial charge on any atom is 0.341 e. The average Bonchev–Trinajstić information content (AvgIpc) is 2.21. The van der Waals surface area contributed by atoms with E-state index in [1.165, 1.54) is 25.3 Å². The van der Waals surface area contributed by atoms with Crippen molar-refractivity contribution < 1.29 is 18.7 Å².